The third-order valence-electron chi connectivity index (χ3n) is 6.13. The van der Waals surface area contributed by atoms with Crippen molar-refractivity contribution in [3.63, 3.8) is 0 Å². The van der Waals surface area contributed by atoms with Crippen LogP contribution in [0.15, 0.2) is 77.9 Å². The molecule has 3 amide bonds. The lowest BCUT2D eigenvalue weighted by Gasteiger charge is -2.28. The maximum atomic E-state index is 13.7. The summed E-state index contributed by atoms with van der Waals surface area (Å²) in [6.45, 7) is 4.04. The zero-order valence-electron chi connectivity index (χ0n) is 20.0. The standard InChI is InChI=1S/C28H30N4O3/c1-19(2)30-31-27(34)25-13-8-16-32(25)28(35)24(17-20-9-4-3-5-10-20)29-26(33)23-15-14-21-11-6-7-12-22(21)18-23/h3-7,9-12,14-15,18,24-25H,8,13,16-17H2,1-2H3,(H,29,33)(H,31,34). The van der Waals surface area contributed by atoms with Gasteiger partial charge in [0, 0.05) is 24.2 Å². The number of nitrogens with one attached hydrogen (secondary N) is 2. The smallest absolute Gasteiger partial charge is 0.262 e. The molecule has 1 saturated heterocycles. The van der Waals surface area contributed by atoms with Crippen molar-refractivity contribution in [2.75, 3.05) is 6.54 Å². The minimum absolute atomic E-state index is 0.266. The molecule has 0 radical (unpaired) electrons. The Labute approximate surface area is 205 Å². The van der Waals surface area contributed by atoms with E-state index >= 15 is 0 Å². The van der Waals surface area contributed by atoms with E-state index in [1.165, 1.54) is 0 Å². The van der Waals surface area contributed by atoms with E-state index in [0.717, 1.165) is 28.5 Å². The summed E-state index contributed by atoms with van der Waals surface area (Å²) >= 11 is 0. The predicted molar refractivity (Wildman–Crippen MR) is 137 cm³/mol. The minimum Gasteiger partial charge on any atom is -0.340 e. The van der Waals surface area contributed by atoms with Crippen LogP contribution >= 0.6 is 0 Å². The molecule has 0 aliphatic carbocycles. The molecule has 180 valence electrons. The van der Waals surface area contributed by atoms with E-state index < -0.39 is 12.1 Å². The number of carbonyl (C=O) groups is 3. The van der Waals surface area contributed by atoms with Crippen LogP contribution in [0.4, 0.5) is 0 Å². The Morgan fingerprint density at radius 2 is 1.69 bits per heavy atom. The first kappa shape index (κ1) is 24.1. The van der Waals surface area contributed by atoms with Crippen LogP contribution in [0.5, 0.6) is 0 Å². The van der Waals surface area contributed by atoms with Crippen molar-refractivity contribution in [3.8, 4) is 0 Å². The summed E-state index contributed by atoms with van der Waals surface area (Å²) in [5.74, 6) is -0.898. The van der Waals surface area contributed by atoms with Crippen molar-refractivity contribution < 1.29 is 14.4 Å². The van der Waals surface area contributed by atoms with Crippen LogP contribution in [0.3, 0.4) is 0 Å². The largest absolute Gasteiger partial charge is 0.340 e. The number of likely N-dealkylation sites (tertiary alicyclic amines) is 1. The number of carbonyl (C=O) groups excluding carboxylic acids is 3. The second-order valence-electron chi connectivity index (χ2n) is 9.00. The molecule has 35 heavy (non-hydrogen) atoms. The fourth-order valence-corrected chi connectivity index (χ4v) is 4.37. The number of amides is 3. The van der Waals surface area contributed by atoms with Gasteiger partial charge in [-0.2, -0.15) is 5.10 Å². The third-order valence-corrected chi connectivity index (χ3v) is 6.13. The lowest BCUT2D eigenvalue weighted by atomic mass is 10.0. The molecule has 1 aliphatic heterocycles. The quantitative estimate of drug-likeness (QED) is 0.408. The molecule has 0 bridgehead atoms. The molecule has 4 rings (SSSR count). The van der Waals surface area contributed by atoms with Crippen LogP contribution in [-0.2, 0) is 16.0 Å². The van der Waals surface area contributed by atoms with Crippen molar-refractivity contribution in [1.82, 2.24) is 15.6 Å². The molecular weight excluding hydrogens is 440 g/mol. The maximum Gasteiger partial charge on any atom is 0.262 e. The summed E-state index contributed by atoms with van der Waals surface area (Å²) in [6.07, 6.45) is 1.61. The number of hydrogen-bond donors (Lipinski definition) is 2. The van der Waals surface area contributed by atoms with Gasteiger partial charge in [0.15, 0.2) is 0 Å². The average Bonchev–Trinajstić information content (AvgIpc) is 3.37. The van der Waals surface area contributed by atoms with Gasteiger partial charge >= 0.3 is 0 Å². The predicted octanol–water partition coefficient (Wildman–Crippen LogP) is 3.68. The zero-order chi connectivity index (χ0) is 24.8. The Balaban J connectivity index is 1.56. The normalized spacial score (nSPS) is 15.9. The summed E-state index contributed by atoms with van der Waals surface area (Å²) in [7, 11) is 0. The SMILES string of the molecule is CC(C)=NNC(=O)C1CCCN1C(=O)C(Cc1ccccc1)NC(=O)c1ccc2ccccc2c1. The summed E-state index contributed by atoms with van der Waals surface area (Å²) in [4.78, 5) is 41.2. The first-order valence-corrected chi connectivity index (χ1v) is 11.9. The number of rotatable bonds is 7. The lowest BCUT2D eigenvalue weighted by Crippen LogP contribution is -2.53. The van der Waals surface area contributed by atoms with Gasteiger partial charge < -0.3 is 10.2 Å². The summed E-state index contributed by atoms with van der Waals surface area (Å²) in [6, 6.07) is 21.5. The third kappa shape index (κ3) is 5.93. The van der Waals surface area contributed by atoms with E-state index in [0.29, 0.717) is 24.9 Å². The van der Waals surface area contributed by atoms with E-state index in [1.807, 2.05) is 66.7 Å². The van der Waals surface area contributed by atoms with Crippen LogP contribution in [-0.4, -0.2) is 47.0 Å². The van der Waals surface area contributed by atoms with E-state index in [-0.39, 0.29) is 17.7 Å². The van der Waals surface area contributed by atoms with Crippen molar-refractivity contribution in [3.05, 3.63) is 83.9 Å². The van der Waals surface area contributed by atoms with E-state index in [9.17, 15) is 14.4 Å². The molecule has 2 unspecified atom stereocenters. The van der Waals surface area contributed by atoms with Gasteiger partial charge in [-0.25, -0.2) is 5.43 Å². The van der Waals surface area contributed by atoms with Crippen LogP contribution < -0.4 is 10.7 Å². The Kier molecular flexibility index (Phi) is 7.55. The Morgan fingerprint density at radius 1 is 0.971 bits per heavy atom. The molecule has 0 saturated carbocycles. The molecule has 2 N–H and O–H groups in total. The van der Waals surface area contributed by atoms with Crippen molar-refractivity contribution in [1.29, 1.82) is 0 Å². The number of nitrogens with zero attached hydrogens (tertiary/aromatic N) is 2. The number of fused-ring (bicyclic) bond motifs is 1. The maximum absolute atomic E-state index is 13.7. The highest BCUT2D eigenvalue weighted by Crippen LogP contribution is 2.21. The number of hydrazone groups is 1. The highest BCUT2D eigenvalue weighted by atomic mass is 16.2. The van der Waals surface area contributed by atoms with Gasteiger partial charge in [0.1, 0.15) is 12.1 Å². The highest BCUT2D eigenvalue weighted by Gasteiger charge is 2.37. The zero-order valence-corrected chi connectivity index (χ0v) is 20.0. The Hall–Kier alpha value is -4.00. The number of benzene rings is 3. The van der Waals surface area contributed by atoms with Crippen molar-refractivity contribution in [2.45, 2.75) is 45.2 Å². The van der Waals surface area contributed by atoms with Gasteiger partial charge in [0.2, 0.25) is 5.91 Å². The van der Waals surface area contributed by atoms with Crippen molar-refractivity contribution >= 4 is 34.2 Å². The van der Waals surface area contributed by atoms with Gasteiger partial charge in [-0.15, -0.1) is 0 Å². The van der Waals surface area contributed by atoms with Gasteiger partial charge in [-0.05, 0) is 55.2 Å². The molecule has 3 aromatic rings. The molecule has 1 heterocycles. The summed E-state index contributed by atoms with van der Waals surface area (Å²) in [5, 5.41) is 8.93. The molecule has 1 aliphatic rings. The Morgan fingerprint density at radius 3 is 2.43 bits per heavy atom. The van der Waals surface area contributed by atoms with E-state index in [2.05, 4.69) is 15.8 Å². The fourth-order valence-electron chi connectivity index (χ4n) is 4.37. The minimum atomic E-state index is -0.804. The van der Waals surface area contributed by atoms with Crippen LogP contribution in [0.1, 0.15) is 42.6 Å². The molecule has 0 aromatic heterocycles. The first-order valence-electron chi connectivity index (χ1n) is 11.9. The topological polar surface area (TPSA) is 90.9 Å². The second-order valence-corrected chi connectivity index (χ2v) is 9.00. The van der Waals surface area contributed by atoms with Gasteiger partial charge in [-0.1, -0.05) is 60.7 Å². The molecule has 1 fully saturated rings. The second kappa shape index (κ2) is 11.0. The first-order chi connectivity index (χ1) is 16.9. The number of hydrogen-bond acceptors (Lipinski definition) is 4. The molecule has 7 nitrogen and oxygen atoms in total. The average molecular weight is 471 g/mol. The highest BCUT2D eigenvalue weighted by molar-refractivity contribution is 6.01. The molecule has 3 aromatic carbocycles. The molecule has 7 heteroatoms. The van der Waals surface area contributed by atoms with Crippen LogP contribution in [0.25, 0.3) is 10.8 Å². The van der Waals surface area contributed by atoms with E-state index in [4.69, 9.17) is 0 Å². The monoisotopic (exact) mass is 470 g/mol. The summed E-state index contributed by atoms with van der Waals surface area (Å²) in [5.41, 5.74) is 4.68. The van der Waals surface area contributed by atoms with Gasteiger partial charge in [-0.3, -0.25) is 14.4 Å². The summed E-state index contributed by atoms with van der Waals surface area (Å²) < 4.78 is 0. The van der Waals surface area contributed by atoms with Crippen LogP contribution in [0.2, 0.25) is 0 Å². The van der Waals surface area contributed by atoms with Gasteiger partial charge in [0.05, 0.1) is 0 Å². The van der Waals surface area contributed by atoms with Crippen LogP contribution in [0, 0.1) is 0 Å². The lowest BCUT2D eigenvalue weighted by molar-refractivity contribution is -0.139. The fraction of sp³-hybridized carbons (Fsp3) is 0.286. The molecule has 2 atom stereocenters. The molecule has 0 spiro atoms. The Bertz CT molecular complexity index is 1250. The van der Waals surface area contributed by atoms with Gasteiger partial charge in [0.25, 0.3) is 11.8 Å². The van der Waals surface area contributed by atoms with Crippen molar-refractivity contribution in [2.24, 2.45) is 5.10 Å². The van der Waals surface area contributed by atoms with E-state index in [1.54, 1.807) is 24.8 Å². The molecular formula is C28H30N4O3.